The average Bonchev–Trinajstić information content (AvgIpc) is 2.84. The van der Waals surface area contributed by atoms with Crippen LogP contribution in [0.2, 0.25) is 0 Å². The van der Waals surface area contributed by atoms with Crippen molar-refractivity contribution in [2.45, 2.75) is 26.4 Å². The molecule has 0 aliphatic heterocycles. The van der Waals surface area contributed by atoms with Gasteiger partial charge >= 0.3 is 0 Å². The molecule has 0 bridgehead atoms. The minimum atomic E-state index is 0.406. The molecule has 34 heavy (non-hydrogen) atoms. The van der Waals surface area contributed by atoms with E-state index in [0.717, 1.165) is 22.3 Å². The molecule has 0 saturated heterocycles. The number of ether oxygens (including phenoxy) is 8. The van der Waals surface area contributed by atoms with E-state index in [9.17, 15) is 0 Å². The van der Waals surface area contributed by atoms with Crippen molar-refractivity contribution in [3.8, 4) is 0 Å². The molecule has 0 saturated carbocycles. The topological polar surface area (TPSA) is 73.8 Å². The van der Waals surface area contributed by atoms with Crippen molar-refractivity contribution in [1.82, 2.24) is 0 Å². The van der Waals surface area contributed by atoms with E-state index in [4.69, 9.17) is 37.9 Å². The predicted octanol–water partition coefficient (Wildman–Crippen LogP) is 4.39. The molecule has 0 aliphatic carbocycles. The second-order valence-electron chi connectivity index (χ2n) is 6.75. The number of hydrogen-bond acceptors (Lipinski definition) is 8. The average molecular weight is 479 g/mol. The number of rotatable bonds is 24. The maximum Gasteiger partial charge on any atom is 0.111 e. The first kappa shape index (κ1) is 29.3. The van der Waals surface area contributed by atoms with E-state index in [1.807, 2.05) is 0 Å². The van der Waals surface area contributed by atoms with Gasteiger partial charge in [0.25, 0.3) is 0 Å². The van der Waals surface area contributed by atoms with E-state index in [-0.39, 0.29) is 0 Å². The van der Waals surface area contributed by atoms with E-state index in [0.29, 0.717) is 79.3 Å². The highest BCUT2D eigenvalue weighted by Gasteiger charge is 2.12. The third-order valence-corrected chi connectivity index (χ3v) is 4.41. The first-order valence-electron chi connectivity index (χ1n) is 11.1. The smallest absolute Gasteiger partial charge is 0.111 e. The summed E-state index contributed by atoms with van der Waals surface area (Å²) >= 11 is 0. The summed E-state index contributed by atoms with van der Waals surface area (Å²) in [6.07, 6.45) is 5.59. The molecule has 0 atom stereocenters. The van der Waals surface area contributed by atoms with Gasteiger partial charge in [-0.2, -0.15) is 0 Å². The van der Waals surface area contributed by atoms with Crippen LogP contribution >= 0.6 is 0 Å². The van der Waals surface area contributed by atoms with E-state index < -0.39 is 0 Å². The zero-order valence-corrected chi connectivity index (χ0v) is 20.0. The zero-order chi connectivity index (χ0) is 24.7. The van der Waals surface area contributed by atoms with Crippen molar-refractivity contribution in [2.24, 2.45) is 0 Å². The fraction of sp³-hybridized carbons (Fsp3) is 0.462. The van der Waals surface area contributed by atoms with E-state index in [1.54, 1.807) is 0 Å². The van der Waals surface area contributed by atoms with Gasteiger partial charge in [-0.25, -0.2) is 0 Å². The third kappa shape index (κ3) is 13.7. The van der Waals surface area contributed by atoms with Crippen LogP contribution in [0.15, 0.2) is 63.5 Å². The highest BCUT2D eigenvalue weighted by molar-refractivity contribution is 5.38. The Balaban J connectivity index is 2.93. The molecule has 0 spiro atoms. The summed E-state index contributed by atoms with van der Waals surface area (Å²) in [4.78, 5) is 0. The van der Waals surface area contributed by atoms with Crippen molar-refractivity contribution in [1.29, 1.82) is 0 Å². The normalized spacial score (nSPS) is 10.4. The molecule has 1 aromatic rings. The van der Waals surface area contributed by atoms with Crippen molar-refractivity contribution >= 4 is 0 Å². The van der Waals surface area contributed by atoms with Gasteiger partial charge in [0.05, 0.1) is 77.9 Å². The Morgan fingerprint density at radius 1 is 0.412 bits per heavy atom. The lowest BCUT2D eigenvalue weighted by Crippen LogP contribution is -2.11. The van der Waals surface area contributed by atoms with Gasteiger partial charge in [0.1, 0.15) is 26.4 Å². The molecule has 0 heterocycles. The fourth-order valence-corrected chi connectivity index (χ4v) is 2.82. The minimum absolute atomic E-state index is 0.406. The fourth-order valence-electron chi connectivity index (χ4n) is 2.82. The largest absolute Gasteiger partial charge is 0.499 e. The molecule has 0 N–H and O–H groups in total. The van der Waals surface area contributed by atoms with Gasteiger partial charge in [0, 0.05) is 0 Å². The van der Waals surface area contributed by atoms with Crippen LogP contribution in [0.3, 0.4) is 0 Å². The maximum absolute atomic E-state index is 5.79. The summed E-state index contributed by atoms with van der Waals surface area (Å²) in [6.45, 7) is 19.3. The van der Waals surface area contributed by atoms with Crippen LogP contribution in [-0.4, -0.2) is 52.9 Å². The summed E-state index contributed by atoms with van der Waals surface area (Å²) < 4.78 is 43.7. The van der Waals surface area contributed by atoms with Crippen LogP contribution in [0.1, 0.15) is 22.3 Å². The van der Waals surface area contributed by atoms with Crippen molar-refractivity contribution < 1.29 is 37.9 Å². The highest BCUT2D eigenvalue weighted by atomic mass is 16.5. The van der Waals surface area contributed by atoms with Crippen LogP contribution in [0.25, 0.3) is 0 Å². The molecule has 0 amide bonds. The second kappa shape index (κ2) is 20.8. The van der Waals surface area contributed by atoms with Gasteiger partial charge in [0.2, 0.25) is 0 Å². The van der Waals surface area contributed by atoms with E-state index in [2.05, 4.69) is 38.4 Å². The first-order chi connectivity index (χ1) is 16.8. The van der Waals surface area contributed by atoms with Crippen LogP contribution in [0.4, 0.5) is 0 Å². The minimum Gasteiger partial charge on any atom is -0.499 e. The Morgan fingerprint density at radius 3 is 0.853 bits per heavy atom. The van der Waals surface area contributed by atoms with E-state index >= 15 is 0 Å². The molecular weight excluding hydrogens is 440 g/mol. The molecule has 0 aromatic heterocycles. The molecule has 0 radical (unpaired) electrons. The van der Waals surface area contributed by atoms with E-state index in [1.165, 1.54) is 25.0 Å². The van der Waals surface area contributed by atoms with Gasteiger partial charge < -0.3 is 37.9 Å². The SMILES string of the molecule is C=COCCOCc1cc(COCCOC=C)c(COCCOC=C)cc1COCCOC=C. The quantitative estimate of drug-likeness (QED) is 0.160. The maximum atomic E-state index is 5.79. The highest BCUT2D eigenvalue weighted by Crippen LogP contribution is 2.22. The van der Waals surface area contributed by atoms with Gasteiger partial charge in [-0.1, -0.05) is 38.4 Å². The predicted molar refractivity (Wildman–Crippen MR) is 130 cm³/mol. The third-order valence-electron chi connectivity index (χ3n) is 4.41. The summed E-state index contributed by atoms with van der Waals surface area (Å²) in [5.74, 6) is 0. The lowest BCUT2D eigenvalue weighted by molar-refractivity contribution is 0.0613. The molecule has 1 aromatic carbocycles. The van der Waals surface area contributed by atoms with Crippen LogP contribution in [0.5, 0.6) is 0 Å². The van der Waals surface area contributed by atoms with Crippen LogP contribution in [0, 0.1) is 0 Å². The summed E-state index contributed by atoms with van der Waals surface area (Å²) in [6, 6.07) is 4.14. The molecule has 190 valence electrons. The number of hydrogen-bond donors (Lipinski definition) is 0. The van der Waals surface area contributed by atoms with Gasteiger partial charge in [-0.05, 0) is 22.3 Å². The summed E-state index contributed by atoms with van der Waals surface area (Å²) in [7, 11) is 0. The Kier molecular flexibility index (Phi) is 17.9. The molecule has 0 aliphatic rings. The summed E-state index contributed by atoms with van der Waals surface area (Å²) in [5.41, 5.74) is 4.01. The Labute approximate surface area is 203 Å². The van der Waals surface area contributed by atoms with Crippen LogP contribution in [-0.2, 0) is 64.3 Å². The molecule has 8 nitrogen and oxygen atoms in total. The Morgan fingerprint density at radius 2 is 0.647 bits per heavy atom. The van der Waals surface area contributed by atoms with Crippen molar-refractivity contribution in [3.63, 3.8) is 0 Å². The standard InChI is InChI=1S/C26H38O8/c1-5-27-9-13-31-19-23-17-25(21-33-15-11-29-7-3)26(22-34-16-12-30-8-4)18-24(23)20-32-14-10-28-6-2/h5-8,17-18H,1-4,9-16,19-22H2. The lowest BCUT2D eigenvalue weighted by atomic mass is 9.99. The zero-order valence-electron chi connectivity index (χ0n) is 20.0. The van der Waals surface area contributed by atoms with Crippen LogP contribution < -0.4 is 0 Å². The Hall–Kier alpha value is -2.78. The van der Waals surface area contributed by atoms with Gasteiger partial charge in [-0.3, -0.25) is 0 Å². The molecule has 1 rings (SSSR count). The second-order valence-corrected chi connectivity index (χ2v) is 6.75. The number of benzene rings is 1. The monoisotopic (exact) mass is 478 g/mol. The molecule has 0 fully saturated rings. The van der Waals surface area contributed by atoms with Gasteiger partial charge in [0.15, 0.2) is 0 Å². The lowest BCUT2D eigenvalue weighted by Gasteiger charge is -2.18. The molecule has 8 heteroatoms. The Bertz CT molecular complexity index is 590. The summed E-state index contributed by atoms with van der Waals surface area (Å²) in [5, 5.41) is 0. The van der Waals surface area contributed by atoms with Gasteiger partial charge in [-0.15, -0.1) is 0 Å². The first-order valence-corrected chi connectivity index (χ1v) is 11.1. The van der Waals surface area contributed by atoms with Crippen molar-refractivity contribution in [2.75, 3.05) is 52.9 Å². The molecule has 0 unspecified atom stereocenters. The van der Waals surface area contributed by atoms with Crippen molar-refractivity contribution in [3.05, 3.63) is 85.8 Å². The molecular formula is C26H38O8.